The summed E-state index contributed by atoms with van der Waals surface area (Å²) in [5, 5.41) is 7.95. The topological polar surface area (TPSA) is 32.3 Å². The molecule has 0 rings (SSSR count). The van der Waals surface area contributed by atoms with Gasteiger partial charge in [0.15, 0.2) is 0 Å². The van der Waals surface area contributed by atoms with Crippen LogP contribution in [0.3, 0.4) is 0 Å². The summed E-state index contributed by atoms with van der Waals surface area (Å²) in [4.78, 5) is 0. The van der Waals surface area contributed by atoms with Crippen LogP contribution in [0.1, 0.15) is 6.92 Å². The Balaban J connectivity index is 2.63. The summed E-state index contributed by atoms with van der Waals surface area (Å²) in [6, 6.07) is 0. The van der Waals surface area contributed by atoms with E-state index in [9.17, 15) is 0 Å². The van der Waals surface area contributed by atoms with Gasteiger partial charge in [0, 0.05) is 6.54 Å². The minimum absolute atomic E-state index is 0.287. The van der Waals surface area contributed by atoms with Crippen molar-refractivity contribution in [3.8, 4) is 0 Å². The van der Waals surface area contributed by atoms with Gasteiger partial charge in [-0.2, -0.15) is 0 Å². The molecule has 0 saturated heterocycles. The smallest absolute Gasteiger partial charge is 0.0233 e. The zero-order valence-corrected chi connectivity index (χ0v) is 3.94. The molecule has 0 heterocycles. The highest BCUT2D eigenvalue weighted by Gasteiger charge is 1.85. The summed E-state index contributed by atoms with van der Waals surface area (Å²) in [5.41, 5.74) is 2.00. The largest absolute Gasteiger partial charge is 0.317 e. The Morgan fingerprint density at radius 2 is 2.50 bits per heavy atom. The van der Waals surface area contributed by atoms with Crippen LogP contribution in [0.4, 0.5) is 0 Å². The number of hydrogen-bond acceptors (Lipinski definition) is 2. The van der Waals surface area contributed by atoms with Crippen molar-refractivity contribution in [2.24, 2.45) is 5.92 Å². The van der Waals surface area contributed by atoms with Gasteiger partial charge in [-0.05, 0) is 12.8 Å². The molecule has 0 unspecified atom stereocenters. The van der Waals surface area contributed by atoms with Crippen LogP contribution in [0.2, 0.25) is 0 Å². The van der Waals surface area contributed by atoms with Gasteiger partial charge in [-0.15, -0.1) is 0 Å². The highest BCUT2D eigenvalue weighted by atomic mass is 16.5. The van der Waals surface area contributed by atoms with E-state index in [0.29, 0.717) is 6.54 Å². The average Bonchev–Trinajstić information content (AvgIpc) is 1.35. The van der Waals surface area contributed by atoms with Crippen molar-refractivity contribution in [2.75, 3.05) is 6.54 Å². The van der Waals surface area contributed by atoms with Crippen molar-refractivity contribution in [1.82, 2.24) is 5.48 Å². The van der Waals surface area contributed by atoms with E-state index in [0.717, 1.165) is 0 Å². The summed E-state index contributed by atoms with van der Waals surface area (Å²) in [6.07, 6.45) is 0. The molecular formula is C4H10NO. The van der Waals surface area contributed by atoms with Crippen LogP contribution in [0.25, 0.3) is 0 Å². The van der Waals surface area contributed by atoms with Crippen LogP contribution in [-0.4, -0.2) is 11.8 Å². The fourth-order valence-corrected chi connectivity index (χ4v) is 0.156. The molecule has 1 atom stereocenters. The first kappa shape index (κ1) is 5.92. The molecule has 0 saturated carbocycles. The van der Waals surface area contributed by atoms with Gasteiger partial charge in [0.05, 0.1) is 0 Å². The van der Waals surface area contributed by atoms with Crippen molar-refractivity contribution in [1.29, 1.82) is 0 Å². The molecule has 0 bridgehead atoms. The first-order valence-electron chi connectivity index (χ1n) is 1.97. The number of rotatable bonds is 2. The Bertz CT molecular complexity index is 28.7. The molecule has 0 fully saturated rings. The molecule has 0 aromatic rings. The lowest BCUT2D eigenvalue weighted by molar-refractivity contribution is 0.158. The summed E-state index contributed by atoms with van der Waals surface area (Å²) in [6.45, 7) is 6.10. The fourth-order valence-electron chi connectivity index (χ4n) is 0.156. The Kier molecular flexibility index (Phi) is 3.08. The molecule has 0 spiro atoms. The fraction of sp³-hybridized carbons (Fsp3) is 0.750. The standard InChI is InChI=1S/C4H10NO/c1-4(2)3-5-6/h4-6H,1,3H2,2H3/t4-/m0/s1. The molecule has 6 heavy (non-hydrogen) atoms. The van der Waals surface area contributed by atoms with Gasteiger partial charge in [0.25, 0.3) is 0 Å². The predicted molar refractivity (Wildman–Crippen MR) is 24.3 cm³/mol. The van der Waals surface area contributed by atoms with Crippen molar-refractivity contribution in [3.63, 3.8) is 0 Å². The van der Waals surface area contributed by atoms with Crippen LogP contribution in [0.15, 0.2) is 0 Å². The van der Waals surface area contributed by atoms with Crippen molar-refractivity contribution >= 4 is 0 Å². The van der Waals surface area contributed by atoms with Crippen LogP contribution in [0, 0.1) is 12.8 Å². The second-order valence-corrected chi connectivity index (χ2v) is 1.47. The van der Waals surface area contributed by atoms with E-state index in [2.05, 4.69) is 6.92 Å². The van der Waals surface area contributed by atoms with E-state index < -0.39 is 0 Å². The van der Waals surface area contributed by atoms with Crippen LogP contribution in [0.5, 0.6) is 0 Å². The average molecular weight is 88.1 g/mol. The van der Waals surface area contributed by atoms with Crippen LogP contribution in [-0.2, 0) is 0 Å². The van der Waals surface area contributed by atoms with Gasteiger partial charge in [-0.3, -0.25) is 0 Å². The van der Waals surface area contributed by atoms with Crippen LogP contribution >= 0.6 is 0 Å². The minimum Gasteiger partial charge on any atom is -0.317 e. The van der Waals surface area contributed by atoms with E-state index in [1.165, 1.54) is 0 Å². The zero-order valence-electron chi connectivity index (χ0n) is 3.94. The van der Waals surface area contributed by atoms with Gasteiger partial charge in [-0.1, -0.05) is 6.92 Å². The lowest BCUT2D eigenvalue weighted by atomic mass is 10.2. The Morgan fingerprint density at radius 3 is 2.50 bits per heavy atom. The lowest BCUT2D eigenvalue weighted by Gasteiger charge is -1.97. The van der Waals surface area contributed by atoms with E-state index in [1.807, 2.05) is 12.4 Å². The number of hydrogen-bond donors (Lipinski definition) is 2. The molecule has 0 aromatic heterocycles. The second-order valence-electron chi connectivity index (χ2n) is 1.47. The highest BCUT2D eigenvalue weighted by Crippen LogP contribution is 1.82. The molecule has 2 nitrogen and oxygen atoms in total. The number of nitrogens with one attached hydrogen (secondary N) is 1. The summed E-state index contributed by atoms with van der Waals surface area (Å²) >= 11 is 0. The normalized spacial score (nSPS) is 10.0. The summed E-state index contributed by atoms with van der Waals surface area (Å²) in [7, 11) is 0. The molecule has 0 aromatic carbocycles. The molecule has 0 aliphatic heterocycles. The minimum atomic E-state index is 0.287. The molecular weight excluding hydrogens is 78.0 g/mol. The molecule has 1 radical (unpaired) electrons. The predicted octanol–water partition coefficient (Wildman–Crippen LogP) is 0.435. The maximum absolute atomic E-state index is 7.95. The second kappa shape index (κ2) is 3.12. The molecule has 0 aliphatic rings. The van der Waals surface area contributed by atoms with Gasteiger partial charge < -0.3 is 5.21 Å². The highest BCUT2D eigenvalue weighted by molar-refractivity contribution is 4.51. The maximum atomic E-state index is 7.95. The van der Waals surface area contributed by atoms with E-state index in [-0.39, 0.29) is 5.92 Å². The Hall–Kier alpha value is -0.0800. The first-order valence-corrected chi connectivity index (χ1v) is 1.97. The van der Waals surface area contributed by atoms with E-state index in [1.54, 1.807) is 0 Å². The lowest BCUT2D eigenvalue weighted by Crippen LogP contribution is -2.14. The van der Waals surface area contributed by atoms with Gasteiger partial charge >= 0.3 is 0 Å². The third-order valence-electron chi connectivity index (χ3n) is 0.440. The Labute approximate surface area is 38.1 Å². The quantitative estimate of drug-likeness (QED) is 0.480. The summed E-state index contributed by atoms with van der Waals surface area (Å²) < 4.78 is 0. The zero-order chi connectivity index (χ0) is 4.99. The van der Waals surface area contributed by atoms with Gasteiger partial charge in [0.2, 0.25) is 0 Å². The molecule has 2 heteroatoms. The van der Waals surface area contributed by atoms with Crippen molar-refractivity contribution in [2.45, 2.75) is 6.92 Å². The monoisotopic (exact) mass is 88.1 g/mol. The molecule has 2 N–H and O–H groups in total. The SMILES string of the molecule is [CH2][C@@H](C)CNO. The van der Waals surface area contributed by atoms with Gasteiger partial charge in [0.1, 0.15) is 0 Å². The Morgan fingerprint density at radius 1 is 2.00 bits per heavy atom. The molecule has 37 valence electrons. The van der Waals surface area contributed by atoms with Crippen molar-refractivity contribution in [3.05, 3.63) is 6.92 Å². The van der Waals surface area contributed by atoms with Crippen LogP contribution < -0.4 is 5.48 Å². The van der Waals surface area contributed by atoms with E-state index in [4.69, 9.17) is 5.21 Å². The molecule has 0 amide bonds. The third-order valence-corrected chi connectivity index (χ3v) is 0.440. The summed E-state index contributed by atoms with van der Waals surface area (Å²) in [5.74, 6) is 0.287. The molecule has 0 aliphatic carbocycles. The first-order chi connectivity index (χ1) is 2.77. The number of hydroxylamine groups is 1. The van der Waals surface area contributed by atoms with Crippen molar-refractivity contribution < 1.29 is 5.21 Å². The van der Waals surface area contributed by atoms with Gasteiger partial charge in [-0.25, -0.2) is 5.48 Å². The third kappa shape index (κ3) is 3.92. The maximum Gasteiger partial charge on any atom is 0.0233 e. The van der Waals surface area contributed by atoms with E-state index >= 15 is 0 Å².